The summed E-state index contributed by atoms with van der Waals surface area (Å²) in [6, 6.07) is 4.51. The van der Waals surface area contributed by atoms with Crippen LogP contribution < -0.4 is 10.2 Å². The highest BCUT2D eigenvalue weighted by Gasteiger charge is 2.20. The third-order valence-corrected chi connectivity index (χ3v) is 3.26. The molecule has 2 aromatic heterocycles. The van der Waals surface area contributed by atoms with Gasteiger partial charge >= 0.3 is 0 Å². The molecule has 0 saturated carbocycles. The molecule has 1 fully saturated rings. The summed E-state index contributed by atoms with van der Waals surface area (Å²) in [5, 5.41) is 3.36. The van der Waals surface area contributed by atoms with E-state index in [9.17, 15) is 0 Å². The molecule has 0 aliphatic carbocycles. The minimum Gasteiger partial charge on any atom is -0.355 e. The molecule has 0 aromatic carbocycles. The first-order chi connectivity index (χ1) is 8.34. The van der Waals surface area contributed by atoms with Crippen LogP contribution in [0.4, 0.5) is 5.82 Å². The van der Waals surface area contributed by atoms with Crippen LogP contribution >= 0.6 is 0 Å². The highest BCUT2D eigenvalue weighted by Crippen LogP contribution is 2.18. The lowest BCUT2D eigenvalue weighted by Gasteiger charge is -2.24. The van der Waals surface area contributed by atoms with Crippen LogP contribution in [0.3, 0.4) is 0 Å². The van der Waals surface area contributed by atoms with Gasteiger partial charge in [-0.05, 0) is 25.1 Å². The lowest BCUT2D eigenvalue weighted by molar-refractivity contribution is 0.678. The Balaban J connectivity index is 1.94. The molecule has 3 heterocycles. The van der Waals surface area contributed by atoms with Crippen LogP contribution in [0.2, 0.25) is 0 Å². The largest absolute Gasteiger partial charge is 0.355 e. The molecule has 0 radical (unpaired) electrons. The molecule has 0 amide bonds. The number of hydrogen-bond donors (Lipinski definition) is 1. The van der Waals surface area contributed by atoms with Crippen LogP contribution in [-0.4, -0.2) is 41.1 Å². The minimum atomic E-state index is 0.525. The van der Waals surface area contributed by atoms with Gasteiger partial charge in [-0.15, -0.1) is 0 Å². The average Bonchev–Trinajstić information content (AvgIpc) is 2.91. The van der Waals surface area contributed by atoms with E-state index >= 15 is 0 Å². The highest BCUT2D eigenvalue weighted by atomic mass is 15.2. The number of fused-ring (bicyclic) bond motifs is 1. The maximum Gasteiger partial charge on any atom is 0.180 e. The van der Waals surface area contributed by atoms with Gasteiger partial charge < -0.3 is 10.2 Å². The van der Waals surface area contributed by atoms with Crippen molar-refractivity contribution in [2.75, 3.05) is 25.0 Å². The second-order valence-corrected chi connectivity index (χ2v) is 4.33. The van der Waals surface area contributed by atoms with E-state index < -0.39 is 0 Å². The topological polar surface area (TPSA) is 53.9 Å². The first kappa shape index (κ1) is 10.4. The fourth-order valence-electron chi connectivity index (χ4n) is 2.20. The lowest BCUT2D eigenvalue weighted by atomic mass is 10.2. The predicted octanol–water partition coefficient (Wildman–Crippen LogP) is 0.823. The van der Waals surface area contributed by atoms with Crippen molar-refractivity contribution in [3.8, 4) is 0 Å². The van der Waals surface area contributed by atoms with Crippen LogP contribution in [0.15, 0.2) is 24.5 Å². The van der Waals surface area contributed by atoms with E-state index in [-0.39, 0.29) is 0 Å². The first-order valence-electron chi connectivity index (χ1n) is 5.86. The molecule has 5 heteroatoms. The molecule has 1 N–H and O–H groups in total. The summed E-state index contributed by atoms with van der Waals surface area (Å²) in [5.74, 6) is 0.965. The zero-order chi connectivity index (χ0) is 11.7. The van der Waals surface area contributed by atoms with Crippen molar-refractivity contribution >= 4 is 17.0 Å². The van der Waals surface area contributed by atoms with Crippen molar-refractivity contribution in [1.29, 1.82) is 0 Å². The Labute approximate surface area is 99.9 Å². The fourth-order valence-corrected chi connectivity index (χ4v) is 2.20. The summed E-state index contributed by atoms with van der Waals surface area (Å²) in [7, 11) is 2.09. The fraction of sp³-hybridized carbons (Fsp3) is 0.417. The molecule has 88 valence electrons. The summed E-state index contributed by atoms with van der Waals surface area (Å²) < 4.78 is 0. The van der Waals surface area contributed by atoms with Gasteiger partial charge in [-0.25, -0.2) is 9.97 Å². The van der Waals surface area contributed by atoms with E-state index in [0.29, 0.717) is 11.7 Å². The van der Waals surface area contributed by atoms with Crippen LogP contribution in [0.5, 0.6) is 0 Å². The van der Waals surface area contributed by atoms with E-state index in [4.69, 9.17) is 0 Å². The summed E-state index contributed by atoms with van der Waals surface area (Å²) in [5.41, 5.74) is 1.55. The average molecular weight is 229 g/mol. The molecule has 3 rings (SSSR count). The van der Waals surface area contributed by atoms with Gasteiger partial charge in [-0.1, -0.05) is 0 Å². The van der Waals surface area contributed by atoms with Gasteiger partial charge in [0.05, 0.1) is 0 Å². The molecule has 0 bridgehead atoms. The van der Waals surface area contributed by atoms with Crippen LogP contribution in [-0.2, 0) is 0 Å². The van der Waals surface area contributed by atoms with Gasteiger partial charge in [0.2, 0.25) is 0 Å². The first-order valence-corrected chi connectivity index (χ1v) is 5.86. The second kappa shape index (κ2) is 4.25. The number of hydrogen-bond acceptors (Lipinski definition) is 5. The number of likely N-dealkylation sites (N-methyl/N-ethyl adjacent to an activating group) is 1. The Morgan fingerprint density at radius 3 is 3.00 bits per heavy atom. The smallest absolute Gasteiger partial charge is 0.180 e. The molecule has 17 heavy (non-hydrogen) atoms. The predicted molar refractivity (Wildman–Crippen MR) is 67.0 cm³/mol. The molecule has 1 aliphatic heterocycles. The summed E-state index contributed by atoms with van der Waals surface area (Å²) >= 11 is 0. The quantitative estimate of drug-likeness (QED) is 0.826. The number of aromatic nitrogens is 3. The SMILES string of the molecule is CN(c1ccc2nccnc2n1)C1CCNC1. The lowest BCUT2D eigenvalue weighted by Crippen LogP contribution is -2.33. The van der Waals surface area contributed by atoms with E-state index in [1.165, 1.54) is 0 Å². The number of nitrogens with one attached hydrogen (secondary N) is 1. The Morgan fingerprint density at radius 1 is 1.29 bits per heavy atom. The number of rotatable bonds is 2. The Morgan fingerprint density at radius 2 is 2.18 bits per heavy atom. The Bertz CT molecular complexity index is 521. The molecular weight excluding hydrogens is 214 g/mol. The van der Waals surface area contributed by atoms with Crippen LogP contribution in [0.1, 0.15) is 6.42 Å². The molecule has 1 aliphatic rings. The molecule has 0 spiro atoms. The standard InChI is InChI=1S/C12H15N5/c1-17(9-4-5-13-8-9)11-3-2-10-12(16-11)15-7-6-14-10/h2-3,6-7,9,13H,4-5,8H2,1H3. The number of nitrogens with zero attached hydrogens (tertiary/aromatic N) is 4. The van der Waals surface area contributed by atoms with E-state index in [1.54, 1.807) is 12.4 Å². The second-order valence-electron chi connectivity index (χ2n) is 4.33. The summed E-state index contributed by atoms with van der Waals surface area (Å²) in [6.07, 6.45) is 4.53. The molecule has 1 atom stereocenters. The number of pyridine rings is 1. The monoisotopic (exact) mass is 229 g/mol. The normalized spacial score (nSPS) is 19.7. The van der Waals surface area contributed by atoms with Crippen molar-refractivity contribution in [1.82, 2.24) is 20.3 Å². The van der Waals surface area contributed by atoms with Gasteiger partial charge in [-0.3, -0.25) is 4.98 Å². The van der Waals surface area contributed by atoms with E-state index in [2.05, 4.69) is 32.2 Å². The maximum absolute atomic E-state index is 4.54. The number of anilines is 1. The van der Waals surface area contributed by atoms with Gasteiger partial charge in [-0.2, -0.15) is 0 Å². The van der Waals surface area contributed by atoms with Crippen LogP contribution in [0, 0.1) is 0 Å². The maximum atomic E-state index is 4.54. The van der Waals surface area contributed by atoms with Gasteiger partial charge in [0.25, 0.3) is 0 Å². The van der Waals surface area contributed by atoms with Gasteiger partial charge in [0.15, 0.2) is 5.65 Å². The molecule has 1 saturated heterocycles. The van der Waals surface area contributed by atoms with Crippen molar-refractivity contribution in [3.05, 3.63) is 24.5 Å². The zero-order valence-corrected chi connectivity index (χ0v) is 9.80. The minimum absolute atomic E-state index is 0.525. The summed E-state index contributed by atoms with van der Waals surface area (Å²) in [4.78, 5) is 15.2. The molecular formula is C12H15N5. The van der Waals surface area contributed by atoms with Crippen molar-refractivity contribution in [2.24, 2.45) is 0 Å². The molecule has 2 aromatic rings. The summed E-state index contributed by atoms with van der Waals surface area (Å²) in [6.45, 7) is 2.11. The van der Waals surface area contributed by atoms with Gasteiger partial charge in [0, 0.05) is 32.0 Å². The third kappa shape index (κ3) is 1.93. The highest BCUT2D eigenvalue weighted by molar-refractivity contribution is 5.71. The zero-order valence-electron chi connectivity index (χ0n) is 9.80. The third-order valence-electron chi connectivity index (χ3n) is 3.26. The van der Waals surface area contributed by atoms with Crippen molar-refractivity contribution < 1.29 is 0 Å². The molecule has 5 nitrogen and oxygen atoms in total. The van der Waals surface area contributed by atoms with Crippen molar-refractivity contribution in [2.45, 2.75) is 12.5 Å². The van der Waals surface area contributed by atoms with Gasteiger partial charge in [0.1, 0.15) is 11.3 Å². The molecule has 1 unspecified atom stereocenters. The van der Waals surface area contributed by atoms with E-state index in [0.717, 1.165) is 30.8 Å². The van der Waals surface area contributed by atoms with Crippen molar-refractivity contribution in [3.63, 3.8) is 0 Å². The Hall–Kier alpha value is -1.75. The van der Waals surface area contributed by atoms with Crippen LogP contribution in [0.25, 0.3) is 11.2 Å². The Kier molecular flexibility index (Phi) is 2.60. The van der Waals surface area contributed by atoms with E-state index in [1.807, 2.05) is 12.1 Å².